The van der Waals surface area contributed by atoms with Gasteiger partial charge < -0.3 is 9.84 Å². The topological polar surface area (TPSA) is 46.5 Å². The van der Waals surface area contributed by atoms with Crippen LogP contribution in [-0.4, -0.2) is 18.5 Å². The summed E-state index contributed by atoms with van der Waals surface area (Å²) >= 11 is 0. The number of phenols is 1. The summed E-state index contributed by atoms with van der Waals surface area (Å²) < 4.78 is 17.3. The zero-order valence-electron chi connectivity index (χ0n) is 6.37. The molecule has 64 valence electrons. The van der Waals surface area contributed by atoms with Crippen LogP contribution in [0.1, 0.15) is 10.4 Å². The highest BCUT2D eigenvalue weighted by Gasteiger charge is 2.09. The zero-order chi connectivity index (χ0) is 9.14. The lowest BCUT2D eigenvalue weighted by molar-refractivity contribution is 0.112. The van der Waals surface area contributed by atoms with Crippen molar-refractivity contribution in [1.82, 2.24) is 0 Å². The number of carbonyl (C=O) groups excluding carboxylic acids is 1. The number of ether oxygens (including phenoxy) is 1. The highest BCUT2D eigenvalue weighted by Crippen LogP contribution is 2.29. The van der Waals surface area contributed by atoms with E-state index in [9.17, 15) is 14.3 Å². The molecule has 3 nitrogen and oxygen atoms in total. The van der Waals surface area contributed by atoms with Gasteiger partial charge in [0.05, 0.1) is 12.7 Å². The SMILES string of the molecule is COc1cc(F)cc(C=O)c1O. The predicted molar refractivity (Wildman–Crippen MR) is 40.0 cm³/mol. The number of aldehydes is 1. The molecule has 1 rings (SSSR count). The highest BCUT2D eigenvalue weighted by molar-refractivity contribution is 5.80. The fourth-order valence-electron chi connectivity index (χ4n) is 0.840. The molecule has 1 aromatic carbocycles. The second-order valence-electron chi connectivity index (χ2n) is 2.16. The van der Waals surface area contributed by atoms with E-state index in [1.165, 1.54) is 7.11 Å². The molecular formula is C8H7FO3. The van der Waals surface area contributed by atoms with E-state index < -0.39 is 5.82 Å². The Morgan fingerprint density at radius 3 is 2.75 bits per heavy atom. The maximum atomic E-state index is 12.6. The lowest BCUT2D eigenvalue weighted by Gasteiger charge is -2.04. The third-order valence-electron chi connectivity index (χ3n) is 1.42. The van der Waals surface area contributed by atoms with Crippen LogP contribution in [0.3, 0.4) is 0 Å². The Balaban J connectivity index is 3.31. The number of benzene rings is 1. The van der Waals surface area contributed by atoms with Crippen molar-refractivity contribution >= 4 is 6.29 Å². The molecule has 0 saturated carbocycles. The Bertz CT molecular complexity index is 309. The van der Waals surface area contributed by atoms with Crippen LogP contribution in [0.2, 0.25) is 0 Å². The van der Waals surface area contributed by atoms with Crippen molar-refractivity contribution in [2.24, 2.45) is 0 Å². The molecule has 0 aliphatic carbocycles. The summed E-state index contributed by atoms with van der Waals surface area (Å²) in [6, 6.07) is 1.94. The summed E-state index contributed by atoms with van der Waals surface area (Å²) in [7, 11) is 1.28. The molecule has 0 saturated heterocycles. The van der Waals surface area contributed by atoms with Gasteiger partial charge in [0.2, 0.25) is 0 Å². The maximum absolute atomic E-state index is 12.6. The van der Waals surface area contributed by atoms with Gasteiger partial charge in [0.1, 0.15) is 5.82 Å². The summed E-state index contributed by atoms with van der Waals surface area (Å²) in [6.45, 7) is 0. The molecule has 0 aromatic heterocycles. The summed E-state index contributed by atoms with van der Waals surface area (Å²) in [4.78, 5) is 10.3. The van der Waals surface area contributed by atoms with Crippen LogP contribution in [0, 0.1) is 5.82 Å². The van der Waals surface area contributed by atoms with Gasteiger partial charge in [0.25, 0.3) is 0 Å². The molecule has 0 fully saturated rings. The average molecular weight is 170 g/mol. The number of carbonyl (C=O) groups is 1. The fraction of sp³-hybridized carbons (Fsp3) is 0.125. The average Bonchev–Trinajstić information content (AvgIpc) is 2.08. The summed E-state index contributed by atoms with van der Waals surface area (Å²) in [5.74, 6) is -1.00. The molecule has 0 radical (unpaired) electrons. The molecule has 0 unspecified atom stereocenters. The van der Waals surface area contributed by atoms with Crippen molar-refractivity contribution in [2.75, 3.05) is 7.11 Å². The first kappa shape index (κ1) is 8.52. The number of hydrogen-bond donors (Lipinski definition) is 1. The quantitative estimate of drug-likeness (QED) is 0.681. The molecule has 12 heavy (non-hydrogen) atoms. The van der Waals surface area contributed by atoms with E-state index in [4.69, 9.17) is 0 Å². The summed E-state index contributed by atoms with van der Waals surface area (Å²) in [5, 5.41) is 9.19. The Morgan fingerprint density at radius 2 is 2.25 bits per heavy atom. The molecule has 1 aromatic rings. The third kappa shape index (κ3) is 1.37. The van der Waals surface area contributed by atoms with Crippen LogP contribution < -0.4 is 4.74 Å². The summed E-state index contributed by atoms with van der Waals surface area (Å²) in [5.41, 5.74) is -0.119. The van der Waals surface area contributed by atoms with E-state index in [1.807, 2.05) is 0 Å². The van der Waals surface area contributed by atoms with Crippen molar-refractivity contribution < 1.29 is 19.0 Å². The van der Waals surface area contributed by atoms with Crippen LogP contribution >= 0.6 is 0 Å². The van der Waals surface area contributed by atoms with Crippen LogP contribution in [0.5, 0.6) is 11.5 Å². The first-order chi connectivity index (χ1) is 5.69. The van der Waals surface area contributed by atoms with Crippen molar-refractivity contribution in [3.63, 3.8) is 0 Å². The van der Waals surface area contributed by atoms with Crippen LogP contribution in [-0.2, 0) is 0 Å². The first-order valence-electron chi connectivity index (χ1n) is 3.20. The van der Waals surface area contributed by atoms with Gasteiger partial charge in [-0.15, -0.1) is 0 Å². The fourth-order valence-corrected chi connectivity index (χ4v) is 0.840. The third-order valence-corrected chi connectivity index (χ3v) is 1.42. The van der Waals surface area contributed by atoms with E-state index in [-0.39, 0.29) is 17.1 Å². The van der Waals surface area contributed by atoms with E-state index >= 15 is 0 Å². The zero-order valence-corrected chi connectivity index (χ0v) is 6.37. The Hall–Kier alpha value is -1.58. The molecule has 0 atom stereocenters. The second-order valence-corrected chi connectivity index (χ2v) is 2.16. The van der Waals surface area contributed by atoms with E-state index in [0.717, 1.165) is 12.1 Å². The number of rotatable bonds is 2. The lowest BCUT2D eigenvalue weighted by atomic mass is 10.2. The molecule has 0 bridgehead atoms. The second kappa shape index (κ2) is 3.21. The van der Waals surface area contributed by atoms with Gasteiger partial charge in [-0.3, -0.25) is 4.79 Å². The number of methoxy groups -OCH3 is 1. The highest BCUT2D eigenvalue weighted by atomic mass is 19.1. The minimum atomic E-state index is -0.619. The molecule has 4 heteroatoms. The van der Waals surface area contributed by atoms with E-state index in [1.54, 1.807) is 0 Å². The minimum absolute atomic E-state index is 0.0444. The number of phenolic OH excluding ortho intramolecular Hbond substituents is 1. The van der Waals surface area contributed by atoms with Crippen LogP contribution in [0.25, 0.3) is 0 Å². The number of halogens is 1. The van der Waals surface area contributed by atoms with Gasteiger partial charge in [-0.2, -0.15) is 0 Å². The van der Waals surface area contributed by atoms with Crippen LogP contribution in [0.4, 0.5) is 4.39 Å². The lowest BCUT2D eigenvalue weighted by Crippen LogP contribution is -1.90. The van der Waals surface area contributed by atoms with Gasteiger partial charge in [-0.1, -0.05) is 0 Å². The van der Waals surface area contributed by atoms with Crippen LogP contribution in [0.15, 0.2) is 12.1 Å². The molecular weight excluding hydrogens is 163 g/mol. The largest absolute Gasteiger partial charge is 0.504 e. The van der Waals surface area contributed by atoms with Gasteiger partial charge >= 0.3 is 0 Å². The monoisotopic (exact) mass is 170 g/mol. The molecule has 0 aliphatic heterocycles. The molecule has 0 aliphatic rings. The molecule has 0 spiro atoms. The number of aromatic hydroxyl groups is 1. The van der Waals surface area contributed by atoms with Crippen molar-refractivity contribution in [2.45, 2.75) is 0 Å². The van der Waals surface area contributed by atoms with Gasteiger partial charge in [0, 0.05) is 6.07 Å². The predicted octanol–water partition coefficient (Wildman–Crippen LogP) is 1.35. The van der Waals surface area contributed by atoms with Gasteiger partial charge in [-0.25, -0.2) is 4.39 Å². The molecule has 0 amide bonds. The van der Waals surface area contributed by atoms with Gasteiger partial charge in [-0.05, 0) is 6.07 Å². The van der Waals surface area contributed by atoms with Crippen molar-refractivity contribution in [1.29, 1.82) is 0 Å². The minimum Gasteiger partial charge on any atom is -0.504 e. The van der Waals surface area contributed by atoms with E-state index in [0.29, 0.717) is 6.29 Å². The Labute approximate surface area is 68.4 Å². The molecule has 0 heterocycles. The maximum Gasteiger partial charge on any atom is 0.168 e. The molecule has 1 N–H and O–H groups in total. The normalized spacial score (nSPS) is 9.50. The standard InChI is InChI=1S/C8H7FO3/c1-12-7-3-6(9)2-5(4-10)8(7)11/h2-4,11H,1H3. The smallest absolute Gasteiger partial charge is 0.168 e. The summed E-state index contributed by atoms with van der Waals surface area (Å²) in [6.07, 6.45) is 0.362. The Kier molecular flexibility index (Phi) is 2.28. The van der Waals surface area contributed by atoms with Crippen molar-refractivity contribution in [3.05, 3.63) is 23.5 Å². The van der Waals surface area contributed by atoms with Crippen molar-refractivity contribution in [3.8, 4) is 11.5 Å². The number of hydrogen-bond acceptors (Lipinski definition) is 3. The Morgan fingerprint density at radius 1 is 1.58 bits per heavy atom. The van der Waals surface area contributed by atoms with E-state index in [2.05, 4.69) is 4.74 Å². The first-order valence-corrected chi connectivity index (χ1v) is 3.20. The van der Waals surface area contributed by atoms with Gasteiger partial charge in [0.15, 0.2) is 17.8 Å².